The van der Waals surface area contributed by atoms with E-state index in [1.165, 1.54) is 18.2 Å². The predicted octanol–water partition coefficient (Wildman–Crippen LogP) is 4.10. The third-order valence-corrected chi connectivity index (χ3v) is 6.00. The van der Waals surface area contributed by atoms with E-state index in [0.29, 0.717) is 6.42 Å². The first-order chi connectivity index (χ1) is 14.3. The summed E-state index contributed by atoms with van der Waals surface area (Å²) in [6.07, 6.45) is 9.46. The van der Waals surface area contributed by atoms with E-state index in [4.69, 9.17) is 4.98 Å². The molecule has 1 N–H and O–H groups in total. The Morgan fingerprint density at radius 2 is 1.86 bits per heavy atom. The lowest BCUT2D eigenvalue weighted by Crippen LogP contribution is -2.46. The van der Waals surface area contributed by atoms with Gasteiger partial charge in [-0.05, 0) is 63.3 Å². The van der Waals surface area contributed by atoms with E-state index in [9.17, 15) is 4.79 Å². The quantitative estimate of drug-likeness (QED) is 0.721. The maximum absolute atomic E-state index is 12.1. The smallest absolute Gasteiger partial charge is 0.224 e. The number of allylic oxidation sites excluding steroid dienone is 2. The molecule has 5 heteroatoms. The van der Waals surface area contributed by atoms with Gasteiger partial charge in [-0.15, -0.1) is 0 Å². The van der Waals surface area contributed by atoms with E-state index >= 15 is 0 Å². The number of anilines is 1. The summed E-state index contributed by atoms with van der Waals surface area (Å²) >= 11 is 0. The van der Waals surface area contributed by atoms with Crippen molar-refractivity contribution in [3.63, 3.8) is 0 Å². The lowest BCUT2D eigenvalue weighted by molar-refractivity contribution is -0.120. The van der Waals surface area contributed by atoms with Gasteiger partial charge in [0.25, 0.3) is 0 Å². The zero-order valence-electron chi connectivity index (χ0n) is 17.3. The number of nitrogens with one attached hydrogen (secondary N) is 1. The molecule has 0 saturated carbocycles. The number of aromatic nitrogens is 1. The van der Waals surface area contributed by atoms with Gasteiger partial charge in [0.15, 0.2) is 0 Å². The van der Waals surface area contributed by atoms with E-state index in [1.807, 2.05) is 6.07 Å². The minimum Gasteiger partial charge on any atom is -0.354 e. The Kier molecular flexibility index (Phi) is 6.78. The van der Waals surface area contributed by atoms with Gasteiger partial charge < -0.3 is 10.2 Å². The van der Waals surface area contributed by atoms with E-state index in [0.717, 1.165) is 75.4 Å². The van der Waals surface area contributed by atoms with Crippen molar-refractivity contribution in [2.24, 2.45) is 0 Å². The van der Waals surface area contributed by atoms with Crippen LogP contribution in [0.25, 0.3) is 10.9 Å². The molecule has 2 aromatic rings. The number of carbonyl (C=O) groups excluding carboxylic acids is 1. The Morgan fingerprint density at radius 1 is 1.00 bits per heavy atom. The van der Waals surface area contributed by atoms with Crippen LogP contribution in [0.4, 0.5) is 5.82 Å². The molecule has 0 spiro atoms. The van der Waals surface area contributed by atoms with Crippen molar-refractivity contribution in [1.82, 2.24) is 15.2 Å². The molecular formula is C24H32N4O. The molecule has 0 radical (unpaired) electrons. The molecule has 29 heavy (non-hydrogen) atoms. The molecule has 154 valence electrons. The van der Waals surface area contributed by atoms with Crippen molar-refractivity contribution in [2.75, 3.05) is 37.6 Å². The molecule has 1 aromatic heterocycles. The van der Waals surface area contributed by atoms with Crippen molar-refractivity contribution >= 4 is 22.6 Å². The highest BCUT2D eigenvalue weighted by Crippen LogP contribution is 2.19. The van der Waals surface area contributed by atoms with Crippen LogP contribution in [0.1, 0.15) is 44.9 Å². The molecule has 2 aliphatic rings. The molecule has 1 saturated heterocycles. The normalized spacial score (nSPS) is 17.9. The van der Waals surface area contributed by atoms with Crippen molar-refractivity contribution in [1.29, 1.82) is 0 Å². The number of para-hydroxylation sites is 1. The summed E-state index contributed by atoms with van der Waals surface area (Å²) in [6.45, 7) is 5.23. The van der Waals surface area contributed by atoms with Crippen LogP contribution in [0.3, 0.4) is 0 Å². The van der Waals surface area contributed by atoms with Crippen molar-refractivity contribution < 1.29 is 4.79 Å². The van der Waals surface area contributed by atoms with Crippen LogP contribution in [0.15, 0.2) is 48.2 Å². The molecule has 0 atom stereocenters. The van der Waals surface area contributed by atoms with E-state index in [-0.39, 0.29) is 5.91 Å². The Bertz CT molecular complexity index is 855. The van der Waals surface area contributed by atoms with Gasteiger partial charge in [0.05, 0.1) is 5.52 Å². The Balaban J connectivity index is 1.15. The predicted molar refractivity (Wildman–Crippen MR) is 119 cm³/mol. The Morgan fingerprint density at radius 3 is 2.69 bits per heavy atom. The van der Waals surface area contributed by atoms with Crippen LogP contribution in [0.2, 0.25) is 0 Å². The zero-order chi connectivity index (χ0) is 19.9. The number of hydrogen-bond donors (Lipinski definition) is 1. The summed E-state index contributed by atoms with van der Waals surface area (Å²) in [7, 11) is 0. The van der Waals surface area contributed by atoms with Crippen molar-refractivity contribution in [3.05, 3.63) is 48.2 Å². The number of amides is 1. The number of hydrogen-bond acceptors (Lipinski definition) is 4. The second-order valence-electron chi connectivity index (χ2n) is 8.17. The molecular weight excluding hydrogens is 360 g/mol. The molecule has 0 bridgehead atoms. The highest BCUT2D eigenvalue weighted by Gasteiger charge is 2.18. The Labute approximate surface area is 173 Å². The standard InChI is InChI=1S/C24H32N4O/c29-24(25-21-9-2-1-3-10-21)12-6-7-15-27-16-18-28(19-17-27)23-14-13-20-8-4-5-11-22(20)26-23/h4-5,8-9,11,13-14H,1-3,6-7,10,12,15-19H2,(H,25,29). The van der Waals surface area contributed by atoms with Crippen LogP contribution >= 0.6 is 0 Å². The molecule has 4 rings (SSSR count). The first kappa shape index (κ1) is 19.9. The highest BCUT2D eigenvalue weighted by molar-refractivity contribution is 5.80. The summed E-state index contributed by atoms with van der Waals surface area (Å²) in [5, 5.41) is 4.28. The van der Waals surface area contributed by atoms with Crippen molar-refractivity contribution in [3.8, 4) is 0 Å². The third kappa shape index (κ3) is 5.57. The monoisotopic (exact) mass is 392 g/mol. The van der Waals surface area contributed by atoms with E-state index in [2.05, 4.69) is 51.5 Å². The van der Waals surface area contributed by atoms with Crippen LogP contribution < -0.4 is 10.2 Å². The number of unbranched alkanes of at least 4 members (excludes halogenated alkanes) is 1. The van der Waals surface area contributed by atoms with Gasteiger partial charge in [-0.1, -0.05) is 24.3 Å². The lowest BCUT2D eigenvalue weighted by atomic mass is 10.0. The number of carbonyl (C=O) groups is 1. The fourth-order valence-corrected chi connectivity index (χ4v) is 4.25. The number of benzene rings is 1. The average molecular weight is 393 g/mol. The minimum absolute atomic E-state index is 0.186. The average Bonchev–Trinajstić information content (AvgIpc) is 2.77. The fourth-order valence-electron chi connectivity index (χ4n) is 4.25. The van der Waals surface area contributed by atoms with Crippen LogP contribution in [-0.4, -0.2) is 48.5 Å². The van der Waals surface area contributed by atoms with E-state index < -0.39 is 0 Å². The molecule has 1 fully saturated rings. The number of piperazine rings is 1. The maximum Gasteiger partial charge on any atom is 0.224 e. The summed E-state index contributed by atoms with van der Waals surface area (Å²) in [6, 6.07) is 12.6. The van der Waals surface area contributed by atoms with Gasteiger partial charge in [-0.2, -0.15) is 0 Å². The molecule has 0 unspecified atom stereocenters. The van der Waals surface area contributed by atoms with Crippen LogP contribution in [0, 0.1) is 0 Å². The first-order valence-electron chi connectivity index (χ1n) is 11.1. The number of nitrogens with zero attached hydrogens (tertiary/aromatic N) is 3. The van der Waals surface area contributed by atoms with Gasteiger partial charge in [-0.3, -0.25) is 9.69 Å². The molecule has 1 aliphatic heterocycles. The summed E-state index contributed by atoms with van der Waals surface area (Å²) in [5.74, 6) is 1.27. The van der Waals surface area contributed by atoms with Crippen LogP contribution in [-0.2, 0) is 4.79 Å². The van der Waals surface area contributed by atoms with Gasteiger partial charge in [-0.25, -0.2) is 4.98 Å². The SMILES string of the molecule is O=C(CCCCN1CCN(c2ccc3ccccc3n2)CC1)NC1=CCCCC1. The summed E-state index contributed by atoms with van der Waals surface area (Å²) in [4.78, 5) is 21.8. The van der Waals surface area contributed by atoms with Gasteiger partial charge >= 0.3 is 0 Å². The molecule has 5 nitrogen and oxygen atoms in total. The molecule has 1 amide bonds. The second-order valence-corrected chi connectivity index (χ2v) is 8.17. The molecule has 1 aliphatic carbocycles. The minimum atomic E-state index is 0.186. The topological polar surface area (TPSA) is 48.5 Å². The largest absolute Gasteiger partial charge is 0.354 e. The van der Waals surface area contributed by atoms with Crippen LogP contribution in [0.5, 0.6) is 0 Å². The zero-order valence-corrected chi connectivity index (χ0v) is 17.3. The maximum atomic E-state index is 12.1. The highest BCUT2D eigenvalue weighted by atomic mass is 16.1. The number of fused-ring (bicyclic) bond motifs is 1. The first-order valence-corrected chi connectivity index (χ1v) is 11.1. The fraction of sp³-hybridized carbons (Fsp3) is 0.500. The summed E-state index contributed by atoms with van der Waals surface area (Å²) in [5.41, 5.74) is 2.20. The molecule has 2 heterocycles. The van der Waals surface area contributed by atoms with Gasteiger partial charge in [0.1, 0.15) is 5.82 Å². The Hall–Kier alpha value is -2.40. The third-order valence-electron chi connectivity index (χ3n) is 6.00. The molecule has 1 aromatic carbocycles. The summed E-state index contributed by atoms with van der Waals surface area (Å²) < 4.78 is 0. The van der Waals surface area contributed by atoms with Gasteiger partial charge in [0, 0.05) is 43.7 Å². The van der Waals surface area contributed by atoms with Gasteiger partial charge in [0.2, 0.25) is 5.91 Å². The number of rotatable bonds is 7. The van der Waals surface area contributed by atoms with E-state index in [1.54, 1.807) is 0 Å². The lowest BCUT2D eigenvalue weighted by Gasteiger charge is -2.35. The second kappa shape index (κ2) is 9.88. The van der Waals surface area contributed by atoms with Crippen molar-refractivity contribution in [2.45, 2.75) is 44.9 Å². The number of pyridine rings is 1.